The lowest BCUT2D eigenvalue weighted by Crippen LogP contribution is -2.56. The van der Waals surface area contributed by atoms with Crippen LogP contribution in [0.1, 0.15) is 24.8 Å². The number of amidine groups is 1. The predicted molar refractivity (Wildman–Crippen MR) is 94.1 cm³/mol. The first-order valence-electron chi connectivity index (χ1n) is 8.92. The molecule has 1 aromatic rings. The fourth-order valence-corrected chi connectivity index (χ4v) is 3.91. The van der Waals surface area contributed by atoms with Crippen molar-refractivity contribution in [2.45, 2.75) is 50.5 Å². The van der Waals surface area contributed by atoms with Crippen molar-refractivity contribution in [3.8, 4) is 0 Å². The first kappa shape index (κ1) is 18.4. The lowest BCUT2D eigenvalue weighted by Gasteiger charge is -2.38. The van der Waals surface area contributed by atoms with Crippen LogP contribution in [-0.4, -0.2) is 74.5 Å². The Labute approximate surface area is 160 Å². The summed E-state index contributed by atoms with van der Waals surface area (Å²) in [6.07, 6.45) is -0.951. The zero-order valence-electron chi connectivity index (χ0n) is 14.5. The van der Waals surface area contributed by atoms with Crippen molar-refractivity contribution >= 4 is 23.3 Å². The van der Waals surface area contributed by atoms with Crippen LogP contribution in [0.5, 0.6) is 0 Å². The number of hydrogen-bond donors (Lipinski definition) is 1. The van der Waals surface area contributed by atoms with Crippen LogP contribution in [-0.2, 0) is 11.3 Å². The van der Waals surface area contributed by atoms with E-state index in [1.165, 1.54) is 9.91 Å². The molecule has 7 nitrogen and oxygen atoms in total. The SMILES string of the molecule is O=C([C@@H]1CCCC2=NN(Cc3ccc(Cl)nc3)C(O)N21)N1C[C@@H](F)[C@@H](F)C1. The normalized spacial score (nSPS) is 30.5. The van der Waals surface area contributed by atoms with Crippen LogP contribution in [0.4, 0.5) is 8.78 Å². The molecule has 2 saturated heterocycles. The Morgan fingerprint density at radius 1 is 1.30 bits per heavy atom. The molecular formula is C17H20ClF2N5O2. The number of hydrazone groups is 1. The summed E-state index contributed by atoms with van der Waals surface area (Å²) in [7, 11) is 0. The van der Waals surface area contributed by atoms with E-state index in [1.807, 2.05) is 0 Å². The van der Waals surface area contributed by atoms with Gasteiger partial charge < -0.3 is 14.9 Å². The molecule has 1 N–H and O–H groups in total. The minimum Gasteiger partial charge on any atom is -0.355 e. The Morgan fingerprint density at radius 2 is 2.04 bits per heavy atom. The van der Waals surface area contributed by atoms with Gasteiger partial charge in [0.1, 0.15) is 17.0 Å². The fourth-order valence-electron chi connectivity index (χ4n) is 3.80. The van der Waals surface area contributed by atoms with E-state index in [0.29, 0.717) is 30.4 Å². The van der Waals surface area contributed by atoms with E-state index in [2.05, 4.69) is 10.1 Å². The van der Waals surface area contributed by atoms with Crippen molar-refractivity contribution in [2.75, 3.05) is 13.1 Å². The van der Waals surface area contributed by atoms with Crippen LogP contribution in [0.2, 0.25) is 5.15 Å². The monoisotopic (exact) mass is 399 g/mol. The van der Waals surface area contributed by atoms with Gasteiger partial charge in [0.25, 0.3) is 0 Å². The second kappa shape index (κ2) is 7.20. The highest BCUT2D eigenvalue weighted by Crippen LogP contribution is 2.31. The van der Waals surface area contributed by atoms with Gasteiger partial charge in [-0.2, -0.15) is 5.10 Å². The second-order valence-electron chi connectivity index (χ2n) is 7.04. The van der Waals surface area contributed by atoms with Gasteiger partial charge in [-0.3, -0.25) is 4.79 Å². The van der Waals surface area contributed by atoms with E-state index in [-0.39, 0.29) is 19.0 Å². The molecule has 1 aromatic heterocycles. The second-order valence-corrected chi connectivity index (χ2v) is 7.43. The summed E-state index contributed by atoms with van der Waals surface area (Å²) in [5, 5.41) is 17.0. The summed E-state index contributed by atoms with van der Waals surface area (Å²) >= 11 is 5.79. The summed E-state index contributed by atoms with van der Waals surface area (Å²) in [5.41, 5.74) is 0.811. The Bertz CT molecular complexity index is 739. The maximum Gasteiger partial charge on any atom is 0.245 e. The number of halogens is 3. The van der Waals surface area contributed by atoms with Gasteiger partial charge in [0.05, 0.1) is 19.6 Å². The number of alkyl halides is 2. The van der Waals surface area contributed by atoms with E-state index in [4.69, 9.17) is 11.6 Å². The van der Waals surface area contributed by atoms with E-state index in [1.54, 1.807) is 23.2 Å². The zero-order valence-corrected chi connectivity index (χ0v) is 15.3. The average Bonchev–Trinajstić information content (AvgIpc) is 3.16. The summed E-state index contributed by atoms with van der Waals surface area (Å²) < 4.78 is 27.0. The number of amides is 1. The Kier molecular flexibility index (Phi) is 4.90. The lowest BCUT2D eigenvalue weighted by molar-refractivity contribution is -0.144. The van der Waals surface area contributed by atoms with Crippen molar-refractivity contribution in [1.82, 2.24) is 19.8 Å². The van der Waals surface area contributed by atoms with Crippen molar-refractivity contribution < 1.29 is 18.7 Å². The van der Waals surface area contributed by atoms with E-state index in [9.17, 15) is 18.7 Å². The number of nitrogens with zero attached hydrogens (tertiary/aromatic N) is 5. The quantitative estimate of drug-likeness (QED) is 0.780. The van der Waals surface area contributed by atoms with Gasteiger partial charge in [-0.1, -0.05) is 17.7 Å². The van der Waals surface area contributed by atoms with E-state index < -0.39 is 24.7 Å². The molecule has 146 valence electrons. The third-order valence-corrected chi connectivity index (χ3v) is 5.41. The number of rotatable bonds is 3. The molecule has 0 aromatic carbocycles. The lowest BCUT2D eigenvalue weighted by atomic mass is 10.0. The van der Waals surface area contributed by atoms with E-state index >= 15 is 0 Å². The predicted octanol–water partition coefficient (Wildman–Crippen LogP) is 1.51. The molecule has 1 amide bonds. The van der Waals surface area contributed by atoms with Gasteiger partial charge in [-0.15, -0.1) is 0 Å². The highest BCUT2D eigenvalue weighted by molar-refractivity contribution is 6.29. The number of piperidine rings is 1. The van der Waals surface area contributed by atoms with Crippen LogP contribution in [0.3, 0.4) is 0 Å². The van der Waals surface area contributed by atoms with Gasteiger partial charge in [0.15, 0.2) is 12.3 Å². The molecular weight excluding hydrogens is 380 g/mol. The largest absolute Gasteiger partial charge is 0.355 e. The highest BCUT2D eigenvalue weighted by Gasteiger charge is 2.46. The highest BCUT2D eigenvalue weighted by atomic mass is 35.5. The number of aliphatic hydroxyl groups excluding tert-OH is 1. The topological polar surface area (TPSA) is 72.3 Å². The molecule has 0 radical (unpaired) electrons. The molecule has 3 aliphatic rings. The molecule has 0 bridgehead atoms. The number of aliphatic hydroxyl groups is 1. The molecule has 2 fully saturated rings. The standard InChI is InChI=1S/C17H20ClF2N5O2/c18-14-5-4-10(6-21-14)7-24-17(27)25-13(2-1-3-15(25)22-24)16(26)23-8-11(19)12(20)9-23/h4-6,11-13,17,27H,1-3,7-9H2/t11-,12+,13-,17?/m0/s1. The van der Waals surface area contributed by atoms with Gasteiger partial charge in [0.2, 0.25) is 12.3 Å². The van der Waals surface area contributed by atoms with Crippen LogP contribution < -0.4 is 0 Å². The van der Waals surface area contributed by atoms with Crippen LogP contribution in [0.25, 0.3) is 0 Å². The molecule has 4 heterocycles. The number of carbonyl (C=O) groups is 1. The summed E-state index contributed by atoms with van der Waals surface area (Å²) in [4.78, 5) is 19.6. The third-order valence-electron chi connectivity index (χ3n) is 5.18. The molecule has 4 atom stereocenters. The van der Waals surface area contributed by atoms with Gasteiger partial charge in [-0.25, -0.2) is 18.8 Å². The van der Waals surface area contributed by atoms with Crippen LogP contribution in [0.15, 0.2) is 23.4 Å². The number of aromatic nitrogens is 1. The molecule has 0 aliphatic carbocycles. The summed E-state index contributed by atoms with van der Waals surface area (Å²) in [5.74, 6) is 0.251. The summed E-state index contributed by atoms with van der Waals surface area (Å²) in [6, 6.07) is 2.77. The third kappa shape index (κ3) is 3.45. The minimum absolute atomic E-state index is 0.243. The minimum atomic E-state index is -1.65. The van der Waals surface area contributed by atoms with E-state index in [0.717, 1.165) is 12.0 Å². The maximum absolute atomic E-state index is 13.5. The molecule has 0 spiro atoms. The van der Waals surface area contributed by atoms with Crippen LogP contribution in [0, 0.1) is 0 Å². The van der Waals surface area contributed by atoms with Crippen molar-refractivity contribution in [3.05, 3.63) is 29.0 Å². The Morgan fingerprint density at radius 3 is 2.70 bits per heavy atom. The maximum atomic E-state index is 13.5. The molecule has 4 rings (SSSR count). The number of likely N-dealkylation sites (tertiary alicyclic amines) is 1. The van der Waals surface area contributed by atoms with Gasteiger partial charge in [0, 0.05) is 12.6 Å². The van der Waals surface area contributed by atoms with Gasteiger partial charge >= 0.3 is 0 Å². The van der Waals surface area contributed by atoms with Gasteiger partial charge in [-0.05, 0) is 24.5 Å². The van der Waals surface area contributed by atoms with Crippen molar-refractivity contribution in [3.63, 3.8) is 0 Å². The van der Waals surface area contributed by atoms with Crippen molar-refractivity contribution in [1.29, 1.82) is 0 Å². The number of fused-ring (bicyclic) bond motifs is 1. The first-order valence-corrected chi connectivity index (χ1v) is 9.29. The molecule has 1 unspecified atom stereocenters. The molecule has 3 aliphatic heterocycles. The molecule has 27 heavy (non-hydrogen) atoms. The number of pyridine rings is 1. The molecule has 0 saturated carbocycles. The van der Waals surface area contributed by atoms with Crippen molar-refractivity contribution in [2.24, 2.45) is 5.10 Å². The zero-order chi connectivity index (χ0) is 19.1. The van der Waals surface area contributed by atoms with Crippen LogP contribution >= 0.6 is 11.6 Å². The average molecular weight is 400 g/mol. The first-order chi connectivity index (χ1) is 12.9. The smallest absolute Gasteiger partial charge is 0.245 e. The number of carbonyl (C=O) groups excluding carboxylic acids is 1. The fraction of sp³-hybridized carbons (Fsp3) is 0.588. The molecule has 10 heteroatoms. The summed E-state index contributed by atoms with van der Waals surface area (Å²) in [6.45, 7) is -0.185. The Hall–Kier alpha value is -2.00. The Balaban J connectivity index is 1.49. The number of hydrogen-bond acceptors (Lipinski definition) is 6.